The van der Waals surface area contributed by atoms with E-state index in [0.717, 1.165) is 66.8 Å². The van der Waals surface area contributed by atoms with E-state index in [-0.39, 0.29) is 22.1 Å². The Balaban J connectivity index is 1.79. The zero-order chi connectivity index (χ0) is 36.5. The topological polar surface area (TPSA) is 68.3 Å². The fourth-order valence-electron chi connectivity index (χ4n) is 7.59. The van der Waals surface area contributed by atoms with Crippen molar-refractivity contribution in [1.82, 2.24) is 0 Å². The highest BCUT2D eigenvalue weighted by atomic mass is 31.1. The van der Waals surface area contributed by atoms with E-state index in [0.29, 0.717) is 41.0 Å². The van der Waals surface area contributed by atoms with Crippen LogP contribution in [0.3, 0.4) is 0 Å². The van der Waals surface area contributed by atoms with E-state index in [1.165, 1.54) is 0 Å². The molecule has 4 aromatic carbocycles. The van der Waals surface area contributed by atoms with Crippen molar-refractivity contribution in [3.63, 3.8) is 0 Å². The minimum atomic E-state index is -1.82. The molecule has 4 nitrogen and oxygen atoms in total. The van der Waals surface area contributed by atoms with E-state index in [9.17, 15) is 19.2 Å². The van der Waals surface area contributed by atoms with Gasteiger partial charge in [-0.2, -0.15) is 0 Å². The number of carbonyl (C=O) groups excluding carboxylic acids is 4. The lowest BCUT2D eigenvalue weighted by molar-refractivity contribution is 0.103. The van der Waals surface area contributed by atoms with Crippen LogP contribution in [0.5, 0.6) is 0 Å². The molecule has 0 atom stereocenters. The molecule has 4 aromatic rings. The van der Waals surface area contributed by atoms with Crippen molar-refractivity contribution in [3.8, 4) is 0 Å². The predicted molar refractivity (Wildman–Crippen MR) is 208 cm³/mol. The highest BCUT2D eigenvalue weighted by Gasteiger charge is 2.35. The quantitative estimate of drug-likeness (QED) is 0.139. The number of hydrogen-bond donors (Lipinski definition) is 0. The van der Waals surface area contributed by atoms with Gasteiger partial charge in [-0.25, -0.2) is 0 Å². The number of rotatable bonds is 12. The van der Waals surface area contributed by atoms with Crippen LogP contribution in [0.25, 0.3) is 0 Å². The van der Waals surface area contributed by atoms with Gasteiger partial charge in [-0.1, -0.05) is 70.8 Å². The predicted octanol–water partition coefficient (Wildman–Crippen LogP) is 11.4. The fourth-order valence-corrected chi connectivity index (χ4v) is 12.5. The SMILES string of the molecule is Cc1cc(C)c(C(=O)P(CCCP(C(=O)c2c(C)cc(C)cc2C)C(=O)c2c(C)cc(C)cc2C)C(=O)c2c(C)cc(C)cc2C)c(C)c1. The van der Waals surface area contributed by atoms with Crippen molar-refractivity contribution in [2.24, 2.45) is 0 Å². The summed E-state index contributed by atoms with van der Waals surface area (Å²) in [5.41, 5.74) is 13.1. The summed E-state index contributed by atoms with van der Waals surface area (Å²) >= 11 is 0. The first-order chi connectivity index (χ1) is 22.9. The fraction of sp³-hybridized carbons (Fsp3) is 0.349. The van der Waals surface area contributed by atoms with E-state index in [4.69, 9.17) is 0 Å². The van der Waals surface area contributed by atoms with Crippen LogP contribution in [0.1, 0.15) is 115 Å². The normalized spacial score (nSPS) is 11.4. The summed E-state index contributed by atoms with van der Waals surface area (Å²) in [7, 11) is -3.64. The molecule has 0 spiro atoms. The van der Waals surface area contributed by atoms with Gasteiger partial charge in [0.1, 0.15) is 0 Å². The Morgan fingerprint density at radius 2 is 0.510 bits per heavy atom. The second kappa shape index (κ2) is 15.5. The lowest BCUT2D eigenvalue weighted by atomic mass is 10.0. The van der Waals surface area contributed by atoms with Crippen LogP contribution in [0.2, 0.25) is 0 Å². The Hall–Kier alpha value is -3.58. The molecule has 0 saturated carbocycles. The molecular weight excluding hydrogens is 642 g/mol. The number of carbonyl (C=O) groups is 4. The summed E-state index contributed by atoms with van der Waals surface area (Å²) in [4.78, 5) is 58.0. The summed E-state index contributed by atoms with van der Waals surface area (Å²) in [6.45, 7) is 23.5. The summed E-state index contributed by atoms with van der Waals surface area (Å²) in [6, 6.07) is 16.0. The number of hydrogen-bond acceptors (Lipinski definition) is 4. The molecule has 0 aliphatic rings. The summed E-state index contributed by atoms with van der Waals surface area (Å²) < 4.78 is 0. The van der Waals surface area contributed by atoms with Gasteiger partial charge in [0.05, 0.1) is 0 Å². The molecule has 0 N–H and O–H groups in total. The molecule has 49 heavy (non-hydrogen) atoms. The molecule has 0 radical (unpaired) electrons. The molecule has 0 amide bonds. The third-order valence-electron chi connectivity index (χ3n) is 9.31. The molecule has 0 heterocycles. The Morgan fingerprint density at radius 3 is 0.673 bits per heavy atom. The van der Waals surface area contributed by atoms with Crippen molar-refractivity contribution in [2.45, 2.75) is 89.5 Å². The Kier molecular flexibility index (Phi) is 12.1. The van der Waals surface area contributed by atoms with Gasteiger partial charge in [-0.05, 0) is 146 Å². The molecule has 0 aromatic heterocycles. The molecule has 0 fully saturated rings. The molecule has 0 aliphatic heterocycles. The van der Waals surface area contributed by atoms with E-state index in [1.54, 1.807) is 0 Å². The standard InChI is InChI=1S/C43H50O4P2/c1-24-16-28(5)36(29(6)17-24)40(44)48(41(45)37-30(7)18-25(2)19-31(37)8)14-13-15-49(42(46)38-32(9)20-26(3)21-33(38)10)43(47)39-34(11)22-27(4)23-35(39)12/h16-23H,13-15H2,1-12H3. The van der Waals surface area contributed by atoms with Crippen molar-refractivity contribution < 1.29 is 19.2 Å². The lowest BCUT2D eigenvalue weighted by Crippen LogP contribution is -2.17. The first kappa shape index (κ1) is 38.2. The number of benzene rings is 4. The van der Waals surface area contributed by atoms with Gasteiger partial charge in [0.15, 0.2) is 22.1 Å². The van der Waals surface area contributed by atoms with Gasteiger partial charge in [0, 0.05) is 38.1 Å². The Labute approximate surface area is 295 Å². The van der Waals surface area contributed by atoms with Gasteiger partial charge < -0.3 is 0 Å². The van der Waals surface area contributed by atoms with Gasteiger partial charge in [-0.3, -0.25) is 19.2 Å². The molecule has 6 heteroatoms. The van der Waals surface area contributed by atoms with Crippen LogP contribution in [0, 0.1) is 83.1 Å². The Bertz CT molecular complexity index is 1630. The number of aryl methyl sites for hydroxylation is 12. The van der Waals surface area contributed by atoms with Crippen molar-refractivity contribution >= 4 is 37.9 Å². The smallest absolute Gasteiger partial charge is 0.192 e. The van der Waals surface area contributed by atoms with Crippen molar-refractivity contribution in [1.29, 1.82) is 0 Å². The summed E-state index contributed by atoms with van der Waals surface area (Å²) in [5.74, 6) is 0. The monoisotopic (exact) mass is 692 g/mol. The van der Waals surface area contributed by atoms with E-state index >= 15 is 0 Å². The third-order valence-corrected chi connectivity index (χ3v) is 13.7. The second-order valence-corrected chi connectivity index (χ2v) is 18.2. The van der Waals surface area contributed by atoms with Crippen LogP contribution in [0.4, 0.5) is 0 Å². The molecular formula is C43H50O4P2. The van der Waals surface area contributed by atoms with Crippen molar-refractivity contribution in [2.75, 3.05) is 12.3 Å². The van der Waals surface area contributed by atoms with E-state index < -0.39 is 15.8 Å². The second-order valence-electron chi connectivity index (χ2n) is 14.0. The minimum absolute atomic E-state index is 0.133. The molecule has 256 valence electrons. The maximum atomic E-state index is 14.5. The average molecular weight is 693 g/mol. The minimum Gasteiger partial charge on any atom is -0.289 e. The zero-order valence-electron chi connectivity index (χ0n) is 31.3. The molecule has 4 rings (SSSR count). The third kappa shape index (κ3) is 8.25. The average Bonchev–Trinajstić information content (AvgIpc) is 2.94. The van der Waals surface area contributed by atoms with Gasteiger partial charge in [-0.15, -0.1) is 0 Å². The Morgan fingerprint density at radius 1 is 0.347 bits per heavy atom. The molecule has 0 aliphatic carbocycles. The van der Waals surface area contributed by atoms with Crippen molar-refractivity contribution in [3.05, 3.63) is 138 Å². The van der Waals surface area contributed by atoms with Crippen LogP contribution >= 0.6 is 15.8 Å². The van der Waals surface area contributed by atoms with Gasteiger partial charge >= 0.3 is 0 Å². The maximum absolute atomic E-state index is 14.5. The van der Waals surface area contributed by atoms with E-state index in [2.05, 4.69) is 0 Å². The first-order valence-electron chi connectivity index (χ1n) is 17.0. The van der Waals surface area contributed by atoms with E-state index in [1.807, 2.05) is 132 Å². The maximum Gasteiger partial charge on any atom is 0.192 e. The van der Waals surface area contributed by atoms with Crippen LogP contribution in [0.15, 0.2) is 48.5 Å². The zero-order valence-corrected chi connectivity index (χ0v) is 33.1. The van der Waals surface area contributed by atoms with Gasteiger partial charge in [0.25, 0.3) is 0 Å². The highest BCUT2D eigenvalue weighted by Crippen LogP contribution is 2.50. The summed E-state index contributed by atoms with van der Waals surface area (Å²) in [5, 5.41) is 0. The summed E-state index contributed by atoms with van der Waals surface area (Å²) in [6.07, 6.45) is 1.03. The lowest BCUT2D eigenvalue weighted by Gasteiger charge is -2.23. The largest absolute Gasteiger partial charge is 0.289 e. The first-order valence-corrected chi connectivity index (χ1v) is 20.0. The molecule has 0 bridgehead atoms. The molecule has 0 unspecified atom stereocenters. The van der Waals surface area contributed by atoms with Gasteiger partial charge in [0.2, 0.25) is 0 Å². The molecule has 0 saturated heterocycles. The van der Waals surface area contributed by atoms with Crippen LogP contribution in [-0.2, 0) is 0 Å². The highest BCUT2D eigenvalue weighted by molar-refractivity contribution is 7.91. The van der Waals surface area contributed by atoms with Crippen LogP contribution < -0.4 is 0 Å². The van der Waals surface area contributed by atoms with Crippen LogP contribution in [-0.4, -0.2) is 34.4 Å².